The first-order chi connectivity index (χ1) is 8.15. The molecule has 6 heteroatoms. The molecule has 1 aromatic carbocycles. The summed E-state index contributed by atoms with van der Waals surface area (Å²) in [5.74, 6) is 0. The molecule has 0 radical (unpaired) electrons. The highest BCUT2D eigenvalue weighted by Gasteiger charge is 2.34. The number of rotatable bonds is 4. The van der Waals surface area contributed by atoms with Crippen LogP contribution in [0, 0.1) is 5.41 Å². The van der Waals surface area contributed by atoms with Crippen molar-refractivity contribution >= 4 is 11.4 Å². The fourth-order valence-corrected chi connectivity index (χ4v) is 1.34. The number of nitrogen functional groups attached to an aromatic ring is 1. The summed E-state index contributed by atoms with van der Waals surface area (Å²) in [5.41, 5.74) is 4.11. The van der Waals surface area contributed by atoms with Gasteiger partial charge in [0.2, 0.25) is 0 Å². The van der Waals surface area contributed by atoms with E-state index in [1.807, 2.05) is 0 Å². The van der Waals surface area contributed by atoms with Crippen molar-refractivity contribution in [2.45, 2.75) is 20.0 Å². The Morgan fingerprint density at radius 3 is 2.39 bits per heavy atom. The van der Waals surface area contributed by atoms with Crippen LogP contribution in [0.25, 0.3) is 0 Å². The SMILES string of the molecule is CC(C)(CO)CNc1ccc(N)cc1C(F)(F)F. The predicted octanol–water partition coefficient (Wildman–Crippen LogP) is 2.72. The Morgan fingerprint density at radius 1 is 1.28 bits per heavy atom. The van der Waals surface area contributed by atoms with Gasteiger partial charge >= 0.3 is 6.18 Å². The lowest BCUT2D eigenvalue weighted by atomic mass is 9.94. The van der Waals surface area contributed by atoms with E-state index in [0.29, 0.717) is 0 Å². The van der Waals surface area contributed by atoms with E-state index in [-0.39, 0.29) is 24.5 Å². The van der Waals surface area contributed by atoms with E-state index in [4.69, 9.17) is 10.8 Å². The number of nitrogens with one attached hydrogen (secondary N) is 1. The largest absolute Gasteiger partial charge is 0.418 e. The molecule has 0 fully saturated rings. The first kappa shape index (κ1) is 14.6. The molecule has 0 amide bonds. The third-order valence-corrected chi connectivity index (χ3v) is 2.53. The van der Waals surface area contributed by atoms with Gasteiger partial charge in [-0.05, 0) is 18.2 Å². The summed E-state index contributed by atoms with van der Waals surface area (Å²) in [7, 11) is 0. The lowest BCUT2D eigenvalue weighted by Gasteiger charge is -2.24. The highest BCUT2D eigenvalue weighted by molar-refractivity contribution is 5.59. The Bertz CT molecular complexity index is 416. The zero-order valence-corrected chi connectivity index (χ0v) is 10.3. The van der Waals surface area contributed by atoms with Crippen molar-refractivity contribution in [2.75, 3.05) is 24.2 Å². The summed E-state index contributed by atoms with van der Waals surface area (Å²) in [5, 5.41) is 11.8. The number of benzene rings is 1. The predicted molar refractivity (Wildman–Crippen MR) is 65.2 cm³/mol. The van der Waals surface area contributed by atoms with Gasteiger partial charge in [-0.2, -0.15) is 13.2 Å². The van der Waals surface area contributed by atoms with Gasteiger partial charge in [-0.1, -0.05) is 13.8 Å². The maximum Gasteiger partial charge on any atom is 0.418 e. The van der Waals surface area contributed by atoms with E-state index >= 15 is 0 Å². The second kappa shape index (κ2) is 5.06. The van der Waals surface area contributed by atoms with E-state index in [1.165, 1.54) is 12.1 Å². The van der Waals surface area contributed by atoms with E-state index in [2.05, 4.69) is 5.32 Å². The molecule has 4 N–H and O–H groups in total. The van der Waals surface area contributed by atoms with Crippen molar-refractivity contribution < 1.29 is 18.3 Å². The average Bonchev–Trinajstić information content (AvgIpc) is 2.26. The van der Waals surface area contributed by atoms with Gasteiger partial charge in [0.1, 0.15) is 0 Å². The minimum absolute atomic E-state index is 0.0294. The lowest BCUT2D eigenvalue weighted by Crippen LogP contribution is -2.27. The minimum Gasteiger partial charge on any atom is -0.399 e. The monoisotopic (exact) mass is 262 g/mol. The van der Waals surface area contributed by atoms with Gasteiger partial charge in [-0.25, -0.2) is 0 Å². The molecule has 18 heavy (non-hydrogen) atoms. The Kier molecular flexibility index (Phi) is 4.11. The first-order valence-electron chi connectivity index (χ1n) is 5.47. The van der Waals surface area contributed by atoms with Crippen molar-refractivity contribution in [3.63, 3.8) is 0 Å². The molecular weight excluding hydrogens is 245 g/mol. The van der Waals surface area contributed by atoms with Gasteiger partial charge in [-0.15, -0.1) is 0 Å². The standard InChI is InChI=1S/C12H17F3N2O/c1-11(2,7-18)6-17-10-4-3-8(16)5-9(10)12(13,14)15/h3-5,17-18H,6-7,16H2,1-2H3. The molecule has 0 aliphatic rings. The molecule has 0 aliphatic heterocycles. The summed E-state index contributed by atoms with van der Waals surface area (Å²) < 4.78 is 38.4. The summed E-state index contributed by atoms with van der Waals surface area (Å²) >= 11 is 0. The van der Waals surface area contributed by atoms with Crippen LogP contribution in [0.1, 0.15) is 19.4 Å². The van der Waals surface area contributed by atoms with Gasteiger partial charge < -0.3 is 16.2 Å². The zero-order valence-electron chi connectivity index (χ0n) is 10.3. The average molecular weight is 262 g/mol. The van der Waals surface area contributed by atoms with Crippen LogP contribution in [-0.4, -0.2) is 18.3 Å². The number of halogens is 3. The van der Waals surface area contributed by atoms with Gasteiger partial charge in [0.05, 0.1) is 5.56 Å². The first-order valence-corrected chi connectivity index (χ1v) is 5.47. The van der Waals surface area contributed by atoms with Crippen LogP contribution in [0.4, 0.5) is 24.5 Å². The van der Waals surface area contributed by atoms with E-state index in [0.717, 1.165) is 6.07 Å². The zero-order chi connectivity index (χ0) is 14.0. The van der Waals surface area contributed by atoms with Crippen molar-refractivity contribution in [3.8, 4) is 0 Å². The molecule has 0 atom stereocenters. The molecule has 3 nitrogen and oxygen atoms in total. The van der Waals surface area contributed by atoms with Crippen LogP contribution in [-0.2, 0) is 6.18 Å². The quantitative estimate of drug-likeness (QED) is 0.731. The number of aliphatic hydroxyl groups is 1. The Morgan fingerprint density at radius 2 is 1.89 bits per heavy atom. The fraction of sp³-hybridized carbons (Fsp3) is 0.500. The number of alkyl halides is 3. The summed E-state index contributed by atoms with van der Waals surface area (Å²) in [4.78, 5) is 0. The second-order valence-corrected chi connectivity index (χ2v) is 4.98. The molecule has 0 saturated heterocycles. The molecule has 0 spiro atoms. The molecule has 0 unspecified atom stereocenters. The number of aliphatic hydroxyl groups excluding tert-OH is 1. The highest BCUT2D eigenvalue weighted by atomic mass is 19.4. The fourth-order valence-electron chi connectivity index (χ4n) is 1.34. The number of hydrogen-bond donors (Lipinski definition) is 3. The third kappa shape index (κ3) is 3.80. The minimum atomic E-state index is -4.46. The van der Waals surface area contributed by atoms with Gasteiger partial charge in [0.15, 0.2) is 0 Å². The topological polar surface area (TPSA) is 58.3 Å². The smallest absolute Gasteiger partial charge is 0.399 e. The van der Waals surface area contributed by atoms with E-state index in [1.54, 1.807) is 13.8 Å². The van der Waals surface area contributed by atoms with Crippen LogP contribution in [0.2, 0.25) is 0 Å². The van der Waals surface area contributed by atoms with Gasteiger partial charge in [0, 0.05) is 29.9 Å². The molecule has 0 aromatic heterocycles. The summed E-state index contributed by atoms with van der Waals surface area (Å²) in [6, 6.07) is 3.60. The van der Waals surface area contributed by atoms with Crippen LogP contribution in [0.3, 0.4) is 0 Å². The third-order valence-electron chi connectivity index (χ3n) is 2.53. The van der Waals surface area contributed by atoms with Crippen molar-refractivity contribution in [1.29, 1.82) is 0 Å². The molecular formula is C12H17F3N2O. The maximum absolute atomic E-state index is 12.8. The molecule has 1 rings (SSSR count). The summed E-state index contributed by atoms with van der Waals surface area (Å²) in [6.07, 6.45) is -4.46. The number of anilines is 2. The Hall–Kier alpha value is -1.43. The molecule has 0 heterocycles. The van der Waals surface area contributed by atoms with E-state index < -0.39 is 17.2 Å². The van der Waals surface area contributed by atoms with Crippen LogP contribution in [0.15, 0.2) is 18.2 Å². The number of nitrogens with two attached hydrogens (primary N) is 1. The van der Waals surface area contributed by atoms with Crippen molar-refractivity contribution in [1.82, 2.24) is 0 Å². The van der Waals surface area contributed by atoms with Crippen molar-refractivity contribution in [3.05, 3.63) is 23.8 Å². The van der Waals surface area contributed by atoms with Crippen LogP contribution in [0.5, 0.6) is 0 Å². The molecule has 0 bridgehead atoms. The van der Waals surface area contributed by atoms with Crippen molar-refractivity contribution in [2.24, 2.45) is 5.41 Å². The maximum atomic E-state index is 12.8. The van der Waals surface area contributed by atoms with Crippen LogP contribution >= 0.6 is 0 Å². The highest BCUT2D eigenvalue weighted by Crippen LogP contribution is 2.36. The molecule has 0 saturated carbocycles. The Balaban J connectivity index is 2.96. The van der Waals surface area contributed by atoms with Crippen LogP contribution < -0.4 is 11.1 Å². The Labute approximate surface area is 104 Å². The lowest BCUT2D eigenvalue weighted by molar-refractivity contribution is -0.136. The summed E-state index contributed by atoms with van der Waals surface area (Å²) in [6.45, 7) is 3.63. The molecule has 0 aliphatic carbocycles. The molecule has 102 valence electrons. The molecule has 1 aromatic rings. The van der Waals surface area contributed by atoms with E-state index in [9.17, 15) is 13.2 Å². The van der Waals surface area contributed by atoms with Gasteiger partial charge in [0.25, 0.3) is 0 Å². The van der Waals surface area contributed by atoms with Gasteiger partial charge in [-0.3, -0.25) is 0 Å². The number of hydrogen-bond acceptors (Lipinski definition) is 3. The normalized spacial score (nSPS) is 12.6. The second-order valence-electron chi connectivity index (χ2n) is 4.98.